The average molecular weight is 420 g/mol. The van der Waals surface area contributed by atoms with Crippen LogP contribution in [0.15, 0.2) is 61.1 Å². The highest BCUT2D eigenvalue weighted by atomic mass is 16.5. The summed E-state index contributed by atoms with van der Waals surface area (Å²) in [5.41, 5.74) is 1.54. The van der Waals surface area contributed by atoms with Gasteiger partial charge >= 0.3 is 0 Å². The van der Waals surface area contributed by atoms with E-state index in [4.69, 9.17) is 9.47 Å². The third kappa shape index (κ3) is 5.74. The number of benzene rings is 1. The van der Waals surface area contributed by atoms with Gasteiger partial charge in [-0.1, -0.05) is 6.07 Å². The summed E-state index contributed by atoms with van der Waals surface area (Å²) in [7, 11) is 1.61. The van der Waals surface area contributed by atoms with Crippen molar-refractivity contribution < 1.29 is 14.3 Å². The fourth-order valence-electron chi connectivity index (χ4n) is 3.30. The number of carbonyl (C=O) groups is 1. The second-order valence-corrected chi connectivity index (χ2v) is 7.03. The van der Waals surface area contributed by atoms with Crippen LogP contribution in [0.25, 0.3) is 0 Å². The molecule has 1 fully saturated rings. The Labute approximate surface area is 180 Å². The Balaban J connectivity index is 1.34. The molecule has 0 bridgehead atoms. The second kappa shape index (κ2) is 9.96. The zero-order valence-corrected chi connectivity index (χ0v) is 17.2. The fraction of sp³-hybridized carbons (Fsp3) is 0.273. The number of methoxy groups -OCH3 is 1. The Bertz CT molecular complexity index is 1000. The van der Waals surface area contributed by atoms with Crippen LogP contribution >= 0.6 is 0 Å². The van der Waals surface area contributed by atoms with Crippen molar-refractivity contribution in [3.63, 3.8) is 0 Å². The van der Waals surface area contributed by atoms with Crippen molar-refractivity contribution in [2.24, 2.45) is 0 Å². The predicted molar refractivity (Wildman–Crippen MR) is 116 cm³/mol. The first-order chi connectivity index (χ1) is 15.2. The number of pyridine rings is 1. The highest BCUT2D eigenvalue weighted by Crippen LogP contribution is 2.23. The quantitative estimate of drug-likeness (QED) is 0.602. The molecule has 0 aliphatic carbocycles. The lowest BCUT2D eigenvalue weighted by molar-refractivity contribution is -0.119. The lowest BCUT2D eigenvalue weighted by atomic mass is 10.2. The van der Waals surface area contributed by atoms with E-state index in [1.54, 1.807) is 25.7 Å². The van der Waals surface area contributed by atoms with Gasteiger partial charge < -0.3 is 20.1 Å². The number of amides is 1. The van der Waals surface area contributed by atoms with Crippen LogP contribution in [-0.4, -0.2) is 59.1 Å². The number of ether oxygens (including phenoxy) is 2. The second-order valence-electron chi connectivity index (χ2n) is 7.03. The number of hydrogen-bond acceptors (Lipinski definition) is 8. The minimum atomic E-state index is -0.217. The molecule has 1 atom stereocenters. The number of morpholine rings is 1. The Morgan fingerprint density at radius 1 is 1.19 bits per heavy atom. The topological polar surface area (TPSA) is 102 Å². The van der Waals surface area contributed by atoms with E-state index in [2.05, 4.69) is 30.5 Å². The summed E-state index contributed by atoms with van der Waals surface area (Å²) in [6.07, 6.45) is 4.65. The van der Waals surface area contributed by atoms with Gasteiger partial charge in [0, 0.05) is 31.2 Å². The highest BCUT2D eigenvalue weighted by molar-refractivity contribution is 5.92. The molecule has 1 amide bonds. The smallest absolute Gasteiger partial charge is 0.238 e. The Morgan fingerprint density at radius 3 is 2.84 bits per heavy atom. The maximum absolute atomic E-state index is 12.5. The molecule has 1 aromatic carbocycles. The van der Waals surface area contributed by atoms with Gasteiger partial charge in [-0.25, -0.2) is 9.97 Å². The van der Waals surface area contributed by atoms with Crippen molar-refractivity contribution in [2.75, 3.05) is 44.0 Å². The van der Waals surface area contributed by atoms with Crippen LogP contribution in [0, 0.1) is 0 Å². The van der Waals surface area contributed by atoms with Gasteiger partial charge in [0.2, 0.25) is 5.91 Å². The SMILES string of the molecule is COc1ccc(NC(=O)CN2CCO[C@H](c3cccc(Nc4cnccn4)n3)C2)cc1. The third-order valence-corrected chi connectivity index (χ3v) is 4.81. The van der Waals surface area contributed by atoms with E-state index in [1.807, 2.05) is 42.5 Å². The number of carbonyl (C=O) groups excluding carboxylic acids is 1. The Morgan fingerprint density at radius 2 is 2.06 bits per heavy atom. The van der Waals surface area contributed by atoms with Crippen LogP contribution in [0.4, 0.5) is 17.3 Å². The molecule has 3 aromatic rings. The van der Waals surface area contributed by atoms with E-state index in [0.29, 0.717) is 31.3 Å². The van der Waals surface area contributed by atoms with Crippen molar-refractivity contribution >= 4 is 23.2 Å². The molecule has 9 heteroatoms. The van der Waals surface area contributed by atoms with Crippen LogP contribution in [0.3, 0.4) is 0 Å². The number of hydrogen-bond donors (Lipinski definition) is 2. The van der Waals surface area contributed by atoms with Crippen molar-refractivity contribution in [3.05, 3.63) is 66.7 Å². The molecule has 0 saturated carbocycles. The molecule has 9 nitrogen and oxygen atoms in total. The summed E-state index contributed by atoms with van der Waals surface area (Å²) >= 11 is 0. The largest absolute Gasteiger partial charge is 0.497 e. The molecule has 31 heavy (non-hydrogen) atoms. The van der Waals surface area contributed by atoms with Crippen LogP contribution in [0.2, 0.25) is 0 Å². The molecule has 1 saturated heterocycles. The molecular formula is C22H24N6O3. The maximum atomic E-state index is 12.5. The zero-order chi connectivity index (χ0) is 21.5. The molecule has 1 aliphatic heterocycles. The van der Waals surface area contributed by atoms with Crippen molar-refractivity contribution in [3.8, 4) is 5.75 Å². The van der Waals surface area contributed by atoms with Crippen LogP contribution in [-0.2, 0) is 9.53 Å². The molecule has 0 unspecified atom stereocenters. The maximum Gasteiger partial charge on any atom is 0.238 e. The minimum absolute atomic E-state index is 0.0724. The van der Waals surface area contributed by atoms with Gasteiger partial charge in [-0.05, 0) is 36.4 Å². The van der Waals surface area contributed by atoms with Gasteiger partial charge in [0.15, 0.2) is 0 Å². The molecular weight excluding hydrogens is 396 g/mol. The molecule has 4 rings (SSSR count). The summed E-state index contributed by atoms with van der Waals surface area (Å²) < 4.78 is 11.1. The van der Waals surface area contributed by atoms with Crippen LogP contribution in [0.5, 0.6) is 5.75 Å². The van der Waals surface area contributed by atoms with E-state index in [9.17, 15) is 4.79 Å². The summed E-state index contributed by atoms with van der Waals surface area (Å²) in [6, 6.07) is 13.0. The standard InChI is InChI=1S/C22H24N6O3/c1-30-17-7-5-16(6-8-17)25-22(29)15-28-11-12-31-19(14-28)18-3-2-4-20(26-18)27-21-13-23-9-10-24-21/h2-10,13,19H,11-12,14-15H2,1H3,(H,25,29)(H,24,26,27)/t19-/m0/s1. The molecule has 3 heterocycles. The van der Waals surface area contributed by atoms with Crippen LogP contribution in [0.1, 0.15) is 11.8 Å². The molecule has 0 radical (unpaired) electrons. The lowest BCUT2D eigenvalue weighted by Gasteiger charge is -2.32. The first-order valence-corrected chi connectivity index (χ1v) is 9.97. The first kappa shape index (κ1) is 20.7. The molecule has 1 aliphatic rings. The van der Waals surface area contributed by atoms with Gasteiger partial charge in [0.1, 0.15) is 23.5 Å². The normalized spacial score (nSPS) is 16.5. The van der Waals surface area contributed by atoms with E-state index in [-0.39, 0.29) is 18.6 Å². The summed E-state index contributed by atoms with van der Waals surface area (Å²) in [4.78, 5) is 27.4. The van der Waals surface area contributed by atoms with E-state index in [0.717, 1.165) is 17.1 Å². The summed E-state index contributed by atoms with van der Waals surface area (Å²) in [6.45, 7) is 2.08. The van der Waals surface area contributed by atoms with Gasteiger partial charge in [-0.2, -0.15) is 0 Å². The first-order valence-electron chi connectivity index (χ1n) is 9.97. The molecule has 2 aromatic heterocycles. The van der Waals surface area contributed by atoms with Gasteiger partial charge in [0.25, 0.3) is 0 Å². The number of anilines is 3. The fourth-order valence-corrected chi connectivity index (χ4v) is 3.30. The van der Waals surface area contributed by atoms with E-state index < -0.39 is 0 Å². The number of rotatable bonds is 7. The monoisotopic (exact) mass is 420 g/mol. The minimum Gasteiger partial charge on any atom is -0.497 e. The molecule has 160 valence electrons. The number of aromatic nitrogens is 3. The van der Waals surface area contributed by atoms with Crippen molar-refractivity contribution in [1.29, 1.82) is 0 Å². The Kier molecular flexibility index (Phi) is 6.65. The summed E-state index contributed by atoms with van der Waals surface area (Å²) in [5.74, 6) is 1.96. The number of nitrogens with one attached hydrogen (secondary N) is 2. The highest BCUT2D eigenvalue weighted by Gasteiger charge is 2.24. The van der Waals surface area contributed by atoms with Gasteiger partial charge in [-0.3, -0.25) is 14.7 Å². The number of nitrogens with zero attached hydrogens (tertiary/aromatic N) is 4. The average Bonchev–Trinajstić information content (AvgIpc) is 2.80. The van der Waals surface area contributed by atoms with Crippen LogP contribution < -0.4 is 15.4 Å². The lowest BCUT2D eigenvalue weighted by Crippen LogP contribution is -2.42. The van der Waals surface area contributed by atoms with Crippen molar-refractivity contribution in [2.45, 2.75) is 6.10 Å². The van der Waals surface area contributed by atoms with Gasteiger partial charge in [-0.15, -0.1) is 0 Å². The van der Waals surface area contributed by atoms with E-state index >= 15 is 0 Å². The molecule has 2 N–H and O–H groups in total. The van der Waals surface area contributed by atoms with Crippen molar-refractivity contribution in [1.82, 2.24) is 19.9 Å². The van der Waals surface area contributed by atoms with E-state index in [1.165, 1.54) is 0 Å². The molecule has 0 spiro atoms. The Hall–Kier alpha value is -3.56. The zero-order valence-electron chi connectivity index (χ0n) is 17.2. The van der Waals surface area contributed by atoms with Gasteiger partial charge in [0.05, 0.1) is 32.2 Å². The third-order valence-electron chi connectivity index (χ3n) is 4.81. The predicted octanol–water partition coefficient (Wildman–Crippen LogP) is 2.64. The summed E-state index contributed by atoms with van der Waals surface area (Å²) in [5, 5.41) is 6.05.